The van der Waals surface area contributed by atoms with Gasteiger partial charge in [-0.3, -0.25) is 9.78 Å². The molecule has 0 bridgehead atoms. The van der Waals surface area contributed by atoms with Crippen molar-refractivity contribution in [2.75, 3.05) is 5.32 Å². The van der Waals surface area contributed by atoms with Crippen LogP contribution < -0.4 is 5.32 Å². The molecule has 0 saturated heterocycles. The standard InChI is InChI=1S/C22H20N4O/c1-15(2)20-14-18(17-10-6-7-11-19(17)23-20)22(27)24-21-12-13-26(25-21)16-8-4-3-5-9-16/h3-15H,1-2H3,(H,24,25,27). The first-order chi connectivity index (χ1) is 13.1. The van der Waals surface area contributed by atoms with Crippen molar-refractivity contribution in [1.29, 1.82) is 0 Å². The van der Waals surface area contributed by atoms with E-state index in [1.807, 2.05) is 66.9 Å². The van der Waals surface area contributed by atoms with E-state index in [-0.39, 0.29) is 11.8 Å². The Bertz CT molecular complexity index is 1100. The lowest BCUT2D eigenvalue weighted by atomic mass is 10.0. The third-order valence-electron chi connectivity index (χ3n) is 4.42. The van der Waals surface area contributed by atoms with E-state index in [1.165, 1.54) is 0 Å². The molecule has 27 heavy (non-hydrogen) atoms. The van der Waals surface area contributed by atoms with Crippen LogP contribution in [-0.2, 0) is 0 Å². The second-order valence-electron chi connectivity index (χ2n) is 6.70. The largest absolute Gasteiger partial charge is 0.305 e. The number of fused-ring (bicyclic) bond motifs is 1. The molecule has 2 heterocycles. The molecule has 2 aromatic carbocycles. The lowest BCUT2D eigenvalue weighted by Crippen LogP contribution is -2.14. The van der Waals surface area contributed by atoms with Gasteiger partial charge in [-0.15, -0.1) is 0 Å². The van der Waals surface area contributed by atoms with E-state index in [4.69, 9.17) is 0 Å². The third kappa shape index (κ3) is 3.44. The molecule has 0 fully saturated rings. The number of rotatable bonds is 4. The number of anilines is 1. The molecule has 0 saturated carbocycles. The van der Waals surface area contributed by atoms with Gasteiger partial charge in [0.15, 0.2) is 5.82 Å². The Balaban J connectivity index is 1.67. The molecule has 5 heteroatoms. The van der Waals surface area contributed by atoms with Crippen LogP contribution in [0.15, 0.2) is 72.9 Å². The molecule has 0 unspecified atom stereocenters. The van der Waals surface area contributed by atoms with Crippen LogP contribution in [0.4, 0.5) is 5.82 Å². The monoisotopic (exact) mass is 356 g/mol. The average molecular weight is 356 g/mol. The first-order valence-electron chi connectivity index (χ1n) is 8.94. The zero-order chi connectivity index (χ0) is 18.8. The van der Waals surface area contributed by atoms with E-state index < -0.39 is 0 Å². The molecule has 0 aliphatic rings. The first kappa shape index (κ1) is 17.0. The summed E-state index contributed by atoms with van der Waals surface area (Å²) in [7, 11) is 0. The van der Waals surface area contributed by atoms with Gasteiger partial charge in [-0.25, -0.2) is 4.68 Å². The first-order valence-corrected chi connectivity index (χ1v) is 8.94. The third-order valence-corrected chi connectivity index (χ3v) is 4.42. The molecule has 0 aliphatic carbocycles. The maximum absolute atomic E-state index is 13.0. The maximum atomic E-state index is 13.0. The molecule has 1 amide bonds. The number of nitrogens with one attached hydrogen (secondary N) is 1. The minimum atomic E-state index is -0.186. The fourth-order valence-electron chi connectivity index (χ4n) is 2.98. The second kappa shape index (κ2) is 7.03. The fourth-order valence-corrected chi connectivity index (χ4v) is 2.98. The van der Waals surface area contributed by atoms with Gasteiger partial charge in [-0.05, 0) is 30.2 Å². The van der Waals surface area contributed by atoms with Crippen LogP contribution in [0.2, 0.25) is 0 Å². The number of nitrogens with zero attached hydrogens (tertiary/aromatic N) is 3. The van der Waals surface area contributed by atoms with Crippen LogP contribution in [0.3, 0.4) is 0 Å². The van der Waals surface area contributed by atoms with Gasteiger partial charge in [0.05, 0.1) is 16.8 Å². The average Bonchev–Trinajstić information content (AvgIpc) is 3.16. The van der Waals surface area contributed by atoms with Gasteiger partial charge >= 0.3 is 0 Å². The quantitative estimate of drug-likeness (QED) is 0.571. The summed E-state index contributed by atoms with van der Waals surface area (Å²) in [6.45, 7) is 4.14. The summed E-state index contributed by atoms with van der Waals surface area (Å²) < 4.78 is 1.74. The summed E-state index contributed by atoms with van der Waals surface area (Å²) in [5.74, 6) is 0.558. The van der Waals surface area contributed by atoms with Crippen LogP contribution in [0.5, 0.6) is 0 Å². The van der Waals surface area contributed by atoms with Crippen LogP contribution in [0.1, 0.15) is 35.8 Å². The zero-order valence-corrected chi connectivity index (χ0v) is 15.3. The Kier molecular flexibility index (Phi) is 4.42. The molecule has 1 N–H and O–H groups in total. The highest BCUT2D eigenvalue weighted by atomic mass is 16.1. The minimum Gasteiger partial charge on any atom is -0.305 e. The predicted octanol–water partition coefficient (Wildman–Crippen LogP) is 4.80. The summed E-state index contributed by atoms with van der Waals surface area (Å²) in [6, 6.07) is 21.1. The molecule has 5 nitrogen and oxygen atoms in total. The number of pyridine rings is 1. The van der Waals surface area contributed by atoms with Gasteiger partial charge in [0, 0.05) is 23.3 Å². The Morgan fingerprint density at radius 1 is 1.00 bits per heavy atom. The van der Waals surface area contributed by atoms with Gasteiger partial charge in [0.2, 0.25) is 0 Å². The summed E-state index contributed by atoms with van der Waals surface area (Å²) in [5, 5.41) is 8.20. The summed E-state index contributed by atoms with van der Waals surface area (Å²) in [5.41, 5.74) is 3.27. The topological polar surface area (TPSA) is 59.8 Å². The van der Waals surface area contributed by atoms with Crippen molar-refractivity contribution in [3.05, 3.63) is 84.2 Å². The summed E-state index contributed by atoms with van der Waals surface area (Å²) >= 11 is 0. The molecule has 0 radical (unpaired) electrons. The number of carbonyl (C=O) groups excluding carboxylic acids is 1. The van der Waals surface area contributed by atoms with Crippen molar-refractivity contribution in [2.45, 2.75) is 19.8 Å². The molecule has 0 aliphatic heterocycles. The molecule has 0 atom stereocenters. The van der Waals surface area contributed by atoms with Gasteiger partial charge in [-0.2, -0.15) is 5.10 Å². The summed E-state index contributed by atoms with van der Waals surface area (Å²) in [6.07, 6.45) is 1.83. The van der Waals surface area contributed by atoms with Gasteiger partial charge in [0.25, 0.3) is 5.91 Å². The predicted molar refractivity (Wildman–Crippen MR) is 107 cm³/mol. The Morgan fingerprint density at radius 2 is 1.74 bits per heavy atom. The normalized spacial score (nSPS) is 11.1. The summed E-state index contributed by atoms with van der Waals surface area (Å²) in [4.78, 5) is 17.6. The van der Waals surface area contributed by atoms with Crippen LogP contribution in [-0.4, -0.2) is 20.7 Å². The number of aromatic nitrogens is 3. The highest BCUT2D eigenvalue weighted by molar-refractivity contribution is 6.12. The SMILES string of the molecule is CC(C)c1cc(C(=O)Nc2ccn(-c3ccccc3)n2)c2ccccc2n1. The molecule has 2 aromatic heterocycles. The van der Waals surface area contributed by atoms with Gasteiger partial charge < -0.3 is 5.32 Å². The highest BCUT2D eigenvalue weighted by Crippen LogP contribution is 2.23. The van der Waals surface area contributed by atoms with E-state index in [1.54, 1.807) is 10.7 Å². The molecule has 134 valence electrons. The van der Waals surface area contributed by atoms with Gasteiger partial charge in [0.1, 0.15) is 0 Å². The number of hydrogen-bond donors (Lipinski definition) is 1. The van der Waals surface area contributed by atoms with E-state index in [9.17, 15) is 4.79 Å². The van der Waals surface area contributed by atoms with Gasteiger partial charge in [-0.1, -0.05) is 50.2 Å². The smallest absolute Gasteiger partial charge is 0.257 e. The van der Waals surface area contributed by atoms with E-state index in [0.29, 0.717) is 11.4 Å². The van der Waals surface area contributed by atoms with E-state index in [2.05, 4.69) is 29.2 Å². The number of hydrogen-bond acceptors (Lipinski definition) is 3. The Labute approximate surface area is 157 Å². The van der Waals surface area contributed by atoms with Crippen molar-refractivity contribution in [3.8, 4) is 5.69 Å². The molecule has 4 aromatic rings. The lowest BCUT2D eigenvalue weighted by Gasteiger charge is -2.11. The second-order valence-corrected chi connectivity index (χ2v) is 6.70. The molecular weight excluding hydrogens is 336 g/mol. The fraction of sp³-hybridized carbons (Fsp3) is 0.136. The molecular formula is C22H20N4O. The Hall–Kier alpha value is -3.47. The number of amides is 1. The van der Waals surface area contributed by atoms with Crippen LogP contribution >= 0.6 is 0 Å². The van der Waals surface area contributed by atoms with Crippen LogP contribution in [0, 0.1) is 0 Å². The minimum absolute atomic E-state index is 0.186. The van der Waals surface area contributed by atoms with Crippen molar-refractivity contribution in [2.24, 2.45) is 0 Å². The van der Waals surface area contributed by atoms with E-state index >= 15 is 0 Å². The highest BCUT2D eigenvalue weighted by Gasteiger charge is 2.15. The van der Waals surface area contributed by atoms with Crippen molar-refractivity contribution in [1.82, 2.24) is 14.8 Å². The number of para-hydroxylation sites is 2. The molecule has 0 spiro atoms. The van der Waals surface area contributed by atoms with Crippen molar-refractivity contribution in [3.63, 3.8) is 0 Å². The number of carbonyl (C=O) groups is 1. The van der Waals surface area contributed by atoms with E-state index in [0.717, 1.165) is 22.3 Å². The van der Waals surface area contributed by atoms with Crippen LogP contribution in [0.25, 0.3) is 16.6 Å². The number of benzene rings is 2. The Morgan fingerprint density at radius 3 is 2.52 bits per heavy atom. The van der Waals surface area contributed by atoms with Crippen molar-refractivity contribution < 1.29 is 4.79 Å². The van der Waals surface area contributed by atoms with Crippen molar-refractivity contribution >= 4 is 22.6 Å². The zero-order valence-electron chi connectivity index (χ0n) is 15.3. The lowest BCUT2D eigenvalue weighted by molar-refractivity contribution is 0.102. The maximum Gasteiger partial charge on any atom is 0.257 e. The molecule has 4 rings (SSSR count).